The van der Waals surface area contributed by atoms with Crippen molar-refractivity contribution < 1.29 is 9.53 Å². The number of nitrogens with two attached hydrogens (primary N) is 1. The lowest BCUT2D eigenvalue weighted by molar-refractivity contribution is -0.124. The minimum absolute atomic E-state index is 0.101. The first-order chi connectivity index (χ1) is 10.2. The van der Waals surface area contributed by atoms with Gasteiger partial charge in [-0.2, -0.15) is 4.98 Å². The molecule has 1 aromatic heterocycles. The van der Waals surface area contributed by atoms with Crippen molar-refractivity contribution in [3.8, 4) is 0 Å². The molecule has 1 saturated heterocycles. The molecule has 7 heteroatoms. The van der Waals surface area contributed by atoms with E-state index in [2.05, 4.69) is 15.3 Å². The summed E-state index contributed by atoms with van der Waals surface area (Å²) in [6.45, 7) is 1.46. The van der Waals surface area contributed by atoms with Crippen LogP contribution < -0.4 is 16.0 Å². The monoisotopic (exact) mass is 287 g/mol. The van der Waals surface area contributed by atoms with Crippen LogP contribution in [0.3, 0.4) is 0 Å². The molecule has 2 heterocycles. The lowest BCUT2D eigenvalue weighted by Gasteiger charge is -2.35. The first-order valence-electron chi connectivity index (χ1n) is 6.79. The Bertz CT molecular complexity index is 675. The Morgan fingerprint density at radius 1 is 1.43 bits per heavy atom. The summed E-state index contributed by atoms with van der Waals surface area (Å²) < 4.78 is 5.42. The lowest BCUT2D eigenvalue weighted by Crippen LogP contribution is -2.53. The van der Waals surface area contributed by atoms with Crippen LogP contribution >= 0.6 is 0 Å². The van der Waals surface area contributed by atoms with Crippen LogP contribution in [0.25, 0.3) is 10.9 Å². The fourth-order valence-corrected chi connectivity index (χ4v) is 2.54. The first kappa shape index (κ1) is 13.6. The smallest absolute Gasteiger partial charge is 0.244 e. The first-order valence-corrected chi connectivity index (χ1v) is 6.79. The fraction of sp³-hybridized carbons (Fsp3) is 0.357. The minimum atomic E-state index is -0.415. The highest BCUT2D eigenvalue weighted by Gasteiger charge is 2.31. The molecule has 1 aliphatic rings. The molecule has 2 aromatic rings. The van der Waals surface area contributed by atoms with Crippen molar-refractivity contribution in [2.75, 3.05) is 37.4 Å². The number of hydrogen-bond acceptors (Lipinski definition) is 6. The number of morpholine rings is 1. The normalized spacial score (nSPS) is 18.7. The third-order valence-corrected chi connectivity index (χ3v) is 3.55. The third-order valence-electron chi connectivity index (χ3n) is 3.55. The van der Waals surface area contributed by atoms with E-state index >= 15 is 0 Å². The number of amides is 1. The van der Waals surface area contributed by atoms with Gasteiger partial charge in [-0.3, -0.25) is 4.79 Å². The molecule has 0 saturated carbocycles. The van der Waals surface area contributed by atoms with Gasteiger partial charge in [0.25, 0.3) is 0 Å². The van der Waals surface area contributed by atoms with Crippen LogP contribution in [0.2, 0.25) is 0 Å². The Morgan fingerprint density at radius 2 is 2.24 bits per heavy atom. The van der Waals surface area contributed by atoms with Crippen molar-refractivity contribution in [3.63, 3.8) is 0 Å². The van der Waals surface area contributed by atoms with Gasteiger partial charge in [0.15, 0.2) is 0 Å². The van der Waals surface area contributed by atoms with Crippen molar-refractivity contribution in [3.05, 3.63) is 24.3 Å². The van der Waals surface area contributed by atoms with Crippen molar-refractivity contribution in [1.29, 1.82) is 0 Å². The number of rotatable bonds is 2. The number of carbonyl (C=O) groups is 1. The average Bonchev–Trinajstić information content (AvgIpc) is 2.53. The Kier molecular flexibility index (Phi) is 3.57. The van der Waals surface area contributed by atoms with E-state index in [9.17, 15) is 4.79 Å². The maximum atomic E-state index is 12.1. The van der Waals surface area contributed by atoms with Crippen molar-refractivity contribution in [1.82, 2.24) is 15.3 Å². The second-order valence-electron chi connectivity index (χ2n) is 4.82. The maximum Gasteiger partial charge on any atom is 0.244 e. The maximum absolute atomic E-state index is 12.1. The molecule has 3 N–H and O–H groups in total. The largest absolute Gasteiger partial charge is 0.377 e. The number of carbonyl (C=O) groups excluding carboxylic acids is 1. The second kappa shape index (κ2) is 5.53. The Balaban J connectivity index is 2.11. The van der Waals surface area contributed by atoms with E-state index < -0.39 is 6.04 Å². The molecule has 7 nitrogen and oxygen atoms in total. The van der Waals surface area contributed by atoms with E-state index in [0.717, 1.165) is 10.9 Å². The highest BCUT2D eigenvalue weighted by atomic mass is 16.5. The standard InChI is InChI=1S/C14H17N5O2/c1-16-13(20)11-8-21-7-6-19(11)12-9-4-2-3-5-10(9)17-14(15)18-12/h2-5,11H,6-8H2,1H3,(H,16,20)(H2,15,17,18). The summed E-state index contributed by atoms with van der Waals surface area (Å²) in [5, 5.41) is 3.54. The van der Waals surface area contributed by atoms with Gasteiger partial charge in [0.2, 0.25) is 11.9 Å². The molecule has 0 aliphatic carbocycles. The molecule has 1 unspecified atom stereocenters. The van der Waals surface area contributed by atoms with Crippen LogP contribution in [0.15, 0.2) is 24.3 Å². The Morgan fingerprint density at radius 3 is 3.05 bits per heavy atom. The van der Waals surface area contributed by atoms with Gasteiger partial charge in [0.1, 0.15) is 11.9 Å². The summed E-state index contributed by atoms with van der Waals surface area (Å²) in [6, 6.07) is 7.21. The summed E-state index contributed by atoms with van der Waals surface area (Å²) in [7, 11) is 1.61. The fourth-order valence-electron chi connectivity index (χ4n) is 2.54. The van der Waals surface area contributed by atoms with Crippen LogP contribution in [0, 0.1) is 0 Å². The number of nitrogens with one attached hydrogen (secondary N) is 1. The summed E-state index contributed by atoms with van der Waals surface area (Å²) in [5.41, 5.74) is 6.57. The molecular weight excluding hydrogens is 270 g/mol. The quantitative estimate of drug-likeness (QED) is 0.817. The lowest BCUT2D eigenvalue weighted by atomic mass is 10.1. The number of benzene rings is 1. The molecule has 1 amide bonds. The number of nitrogens with zero attached hydrogens (tertiary/aromatic N) is 3. The number of likely N-dealkylation sites (N-methyl/N-ethyl adjacent to an activating group) is 1. The Hall–Kier alpha value is -2.41. The predicted octanol–water partition coefficient (Wildman–Crippen LogP) is 0.163. The van der Waals surface area contributed by atoms with Gasteiger partial charge in [-0.05, 0) is 12.1 Å². The van der Waals surface area contributed by atoms with E-state index in [-0.39, 0.29) is 11.9 Å². The number of fused-ring (bicyclic) bond motifs is 1. The van der Waals surface area contributed by atoms with Gasteiger partial charge < -0.3 is 20.7 Å². The predicted molar refractivity (Wildman–Crippen MR) is 80.0 cm³/mol. The summed E-state index contributed by atoms with van der Waals surface area (Å²) in [4.78, 5) is 22.6. The molecule has 1 aromatic carbocycles. The van der Waals surface area contributed by atoms with Crippen LogP contribution in [-0.2, 0) is 9.53 Å². The summed E-state index contributed by atoms with van der Waals surface area (Å²) in [6.07, 6.45) is 0. The zero-order chi connectivity index (χ0) is 14.8. The van der Waals surface area contributed by atoms with Crippen molar-refractivity contribution in [2.24, 2.45) is 0 Å². The number of nitrogen functional groups attached to an aromatic ring is 1. The van der Waals surface area contributed by atoms with Gasteiger partial charge in [0, 0.05) is 19.0 Å². The van der Waals surface area contributed by atoms with E-state index in [0.29, 0.717) is 25.6 Å². The topological polar surface area (TPSA) is 93.4 Å². The molecule has 110 valence electrons. The molecule has 1 fully saturated rings. The highest BCUT2D eigenvalue weighted by molar-refractivity contribution is 5.93. The van der Waals surface area contributed by atoms with Crippen LogP contribution in [0.5, 0.6) is 0 Å². The number of hydrogen-bond donors (Lipinski definition) is 2. The van der Waals surface area contributed by atoms with E-state index in [1.165, 1.54) is 0 Å². The van der Waals surface area contributed by atoms with Crippen LogP contribution in [0.4, 0.5) is 11.8 Å². The molecule has 3 rings (SSSR count). The number of para-hydroxylation sites is 1. The van der Waals surface area contributed by atoms with Crippen LogP contribution in [-0.4, -0.2) is 48.7 Å². The van der Waals surface area contributed by atoms with Gasteiger partial charge in [-0.1, -0.05) is 12.1 Å². The average molecular weight is 287 g/mol. The van der Waals surface area contributed by atoms with E-state index in [1.54, 1.807) is 7.05 Å². The van der Waals surface area contributed by atoms with Gasteiger partial charge in [-0.25, -0.2) is 4.98 Å². The Labute approximate surface area is 122 Å². The number of anilines is 2. The summed E-state index contributed by atoms with van der Waals surface area (Å²) >= 11 is 0. The molecule has 1 aliphatic heterocycles. The zero-order valence-electron chi connectivity index (χ0n) is 11.7. The van der Waals surface area contributed by atoms with Crippen molar-refractivity contribution in [2.45, 2.75) is 6.04 Å². The molecule has 21 heavy (non-hydrogen) atoms. The minimum Gasteiger partial charge on any atom is -0.377 e. The summed E-state index contributed by atoms with van der Waals surface area (Å²) in [5.74, 6) is 0.775. The second-order valence-corrected chi connectivity index (χ2v) is 4.82. The molecule has 0 bridgehead atoms. The van der Waals surface area contributed by atoms with E-state index in [4.69, 9.17) is 10.5 Å². The molecular formula is C14H17N5O2. The van der Waals surface area contributed by atoms with Gasteiger partial charge in [-0.15, -0.1) is 0 Å². The zero-order valence-corrected chi connectivity index (χ0v) is 11.7. The van der Waals surface area contributed by atoms with Gasteiger partial charge in [0.05, 0.1) is 18.7 Å². The van der Waals surface area contributed by atoms with Crippen molar-refractivity contribution >= 4 is 28.6 Å². The highest BCUT2D eigenvalue weighted by Crippen LogP contribution is 2.27. The van der Waals surface area contributed by atoms with Crippen LogP contribution in [0.1, 0.15) is 0 Å². The third kappa shape index (κ3) is 2.47. The molecule has 0 spiro atoms. The SMILES string of the molecule is CNC(=O)C1COCCN1c1nc(N)nc2ccccc12. The van der Waals surface area contributed by atoms with Gasteiger partial charge >= 0.3 is 0 Å². The molecule has 1 atom stereocenters. The van der Waals surface area contributed by atoms with E-state index in [1.807, 2.05) is 29.2 Å². The number of aromatic nitrogens is 2. The number of ether oxygens (including phenoxy) is 1. The molecule has 0 radical (unpaired) electrons.